The molecular weight excluding hydrogens is 254 g/mol. The number of hydrogen-bond donors (Lipinski definition) is 2. The number of nitrogens with zero attached hydrogens (tertiary/aromatic N) is 3. The fourth-order valence-electron chi connectivity index (χ4n) is 1.42. The Morgan fingerprint density at radius 1 is 1.78 bits per heavy atom. The molecule has 6 nitrogen and oxygen atoms in total. The summed E-state index contributed by atoms with van der Waals surface area (Å²) in [6, 6.07) is 3.56. The lowest BCUT2D eigenvalue weighted by molar-refractivity contribution is 0.0784. The fraction of sp³-hybridized carbons (Fsp3) is 0.364. The Labute approximate surface area is 110 Å². The normalized spacial score (nSPS) is 11.5. The molecule has 0 radical (unpaired) electrons. The van der Waals surface area contributed by atoms with Gasteiger partial charge in [0.25, 0.3) is 5.91 Å². The average Bonchev–Trinajstić information content (AvgIpc) is 2.37. The van der Waals surface area contributed by atoms with Crippen LogP contribution in [0.15, 0.2) is 12.3 Å². The summed E-state index contributed by atoms with van der Waals surface area (Å²) in [5.74, 6) is 5.03. The first kappa shape index (κ1) is 14.2. The number of nitriles is 1. The maximum atomic E-state index is 12.0. The summed E-state index contributed by atoms with van der Waals surface area (Å²) in [6.45, 7) is 2.10. The van der Waals surface area contributed by atoms with Gasteiger partial charge in [-0.3, -0.25) is 4.79 Å². The third-order valence-corrected chi connectivity index (χ3v) is 2.63. The zero-order chi connectivity index (χ0) is 13.7. The summed E-state index contributed by atoms with van der Waals surface area (Å²) < 4.78 is 0. The van der Waals surface area contributed by atoms with Crippen LogP contribution in [-0.2, 0) is 0 Å². The summed E-state index contributed by atoms with van der Waals surface area (Å²) in [5, 5.41) is 8.97. The SMILES string of the molecule is CC(C#N)CN(C)C(=O)c1cnc(NN)c(Cl)c1. The van der Waals surface area contributed by atoms with E-state index in [1.165, 1.54) is 17.2 Å². The van der Waals surface area contributed by atoms with Crippen LogP contribution in [0.5, 0.6) is 0 Å². The molecule has 0 aliphatic carbocycles. The molecule has 0 aliphatic rings. The first-order chi connectivity index (χ1) is 8.49. The summed E-state index contributed by atoms with van der Waals surface area (Å²) in [7, 11) is 1.62. The van der Waals surface area contributed by atoms with Gasteiger partial charge in [-0.15, -0.1) is 0 Å². The molecule has 1 aromatic rings. The van der Waals surface area contributed by atoms with Crippen molar-refractivity contribution in [1.82, 2.24) is 9.88 Å². The number of nitrogens with two attached hydrogens (primary N) is 1. The lowest BCUT2D eigenvalue weighted by Crippen LogP contribution is -2.30. The Morgan fingerprint density at radius 2 is 2.44 bits per heavy atom. The maximum absolute atomic E-state index is 12.0. The number of rotatable bonds is 4. The predicted molar refractivity (Wildman–Crippen MR) is 68.8 cm³/mol. The molecule has 0 aliphatic heterocycles. The molecule has 3 N–H and O–H groups in total. The van der Waals surface area contributed by atoms with E-state index in [0.717, 1.165) is 0 Å². The molecule has 1 amide bonds. The number of amides is 1. The second kappa shape index (κ2) is 6.19. The Bertz CT molecular complexity index is 485. The molecule has 0 spiro atoms. The summed E-state index contributed by atoms with van der Waals surface area (Å²) in [5.41, 5.74) is 2.67. The van der Waals surface area contributed by atoms with Crippen molar-refractivity contribution in [2.75, 3.05) is 19.0 Å². The zero-order valence-corrected chi connectivity index (χ0v) is 10.9. The van der Waals surface area contributed by atoms with Gasteiger partial charge >= 0.3 is 0 Å². The number of carbonyl (C=O) groups is 1. The monoisotopic (exact) mass is 267 g/mol. The molecule has 1 atom stereocenters. The van der Waals surface area contributed by atoms with Crippen molar-refractivity contribution >= 4 is 23.3 Å². The van der Waals surface area contributed by atoms with Gasteiger partial charge in [0.05, 0.1) is 22.6 Å². The van der Waals surface area contributed by atoms with Crippen molar-refractivity contribution < 1.29 is 4.79 Å². The van der Waals surface area contributed by atoms with E-state index in [1.807, 2.05) is 0 Å². The molecule has 7 heteroatoms. The number of carbonyl (C=O) groups excluding carboxylic acids is 1. The summed E-state index contributed by atoms with van der Waals surface area (Å²) >= 11 is 5.88. The van der Waals surface area contributed by atoms with Crippen molar-refractivity contribution in [3.05, 3.63) is 22.8 Å². The smallest absolute Gasteiger partial charge is 0.255 e. The highest BCUT2D eigenvalue weighted by Crippen LogP contribution is 2.19. The van der Waals surface area contributed by atoms with Crippen molar-refractivity contribution in [3.63, 3.8) is 0 Å². The largest absolute Gasteiger partial charge is 0.340 e. The minimum atomic E-state index is -0.241. The Kier molecular flexibility index (Phi) is 4.89. The van der Waals surface area contributed by atoms with E-state index in [2.05, 4.69) is 16.5 Å². The Morgan fingerprint density at radius 3 is 2.94 bits per heavy atom. The summed E-state index contributed by atoms with van der Waals surface area (Å²) in [4.78, 5) is 17.4. The number of nitrogens with one attached hydrogen (secondary N) is 1. The van der Waals surface area contributed by atoms with Crippen LogP contribution in [0, 0.1) is 17.2 Å². The molecule has 18 heavy (non-hydrogen) atoms. The minimum absolute atomic E-state index is 0.229. The van der Waals surface area contributed by atoms with Crippen LogP contribution in [0.3, 0.4) is 0 Å². The number of nitrogen functional groups attached to an aromatic ring is 1. The number of hydrogen-bond acceptors (Lipinski definition) is 5. The quantitative estimate of drug-likeness (QED) is 0.632. The van der Waals surface area contributed by atoms with Gasteiger partial charge in [-0.2, -0.15) is 5.26 Å². The van der Waals surface area contributed by atoms with Crippen LogP contribution in [0.1, 0.15) is 17.3 Å². The van der Waals surface area contributed by atoms with E-state index in [0.29, 0.717) is 17.9 Å². The molecule has 96 valence electrons. The molecule has 1 aromatic heterocycles. The van der Waals surface area contributed by atoms with E-state index in [1.54, 1.807) is 14.0 Å². The lowest BCUT2D eigenvalue weighted by atomic mass is 10.2. The fourth-order valence-corrected chi connectivity index (χ4v) is 1.64. The third-order valence-electron chi connectivity index (χ3n) is 2.34. The van der Waals surface area contributed by atoms with E-state index >= 15 is 0 Å². The Hall–Kier alpha value is -1.84. The number of anilines is 1. The van der Waals surface area contributed by atoms with Gasteiger partial charge in [0.1, 0.15) is 0 Å². The minimum Gasteiger partial charge on any atom is -0.340 e. The van der Waals surface area contributed by atoms with E-state index < -0.39 is 0 Å². The first-order valence-corrected chi connectivity index (χ1v) is 5.64. The second-order valence-corrected chi connectivity index (χ2v) is 4.32. The molecule has 0 bridgehead atoms. The van der Waals surface area contributed by atoms with Gasteiger partial charge in [-0.25, -0.2) is 10.8 Å². The van der Waals surface area contributed by atoms with Gasteiger partial charge in [0.15, 0.2) is 5.82 Å². The van der Waals surface area contributed by atoms with E-state index in [4.69, 9.17) is 22.7 Å². The highest BCUT2D eigenvalue weighted by molar-refractivity contribution is 6.33. The second-order valence-electron chi connectivity index (χ2n) is 3.91. The number of aromatic nitrogens is 1. The number of hydrazine groups is 1. The van der Waals surface area contributed by atoms with Crippen LogP contribution in [-0.4, -0.2) is 29.4 Å². The van der Waals surface area contributed by atoms with Crippen molar-refractivity contribution in [2.24, 2.45) is 11.8 Å². The van der Waals surface area contributed by atoms with Crippen molar-refractivity contribution in [1.29, 1.82) is 5.26 Å². The lowest BCUT2D eigenvalue weighted by Gasteiger charge is -2.18. The molecule has 1 unspecified atom stereocenters. The molecular formula is C11H14ClN5O. The van der Waals surface area contributed by atoms with Crippen LogP contribution in [0.2, 0.25) is 5.02 Å². The van der Waals surface area contributed by atoms with E-state index in [-0.39, 0.29) is 16.8 Å². The van der Waals surface area contributed by atoms with Gasteiger partial charge in [0.2, 0.25) is 0 Å². The van der Waals surface area contributed by atoms with Gasteiger partial charge < -0.3 is 10.3 Å². The molecule has 1 rings (SSSR count). The van der Waals surface area contributed by atoms with Crippen LogP contribution >= 0.6 is 11.6 Å². The first-order valence-electron chi connectivity index (χ1n) is 5.26. The van der Waals surface area contributed by atoms with Gasteiger partial charge in [-0.05, 0) is 13.0 Å². The number of halogens is 1. The maximum Gasteiger partial charge on any atom is 0.255 e. The topological polar surface area (TPSA) is 95.0 Å². The van der Waals surface area contributed by atoms with Crippen LogP contribution in [0.4, 0.5) is 5.82 Å². The predicted octanol–water partition coefficient (Wildman–Crippen LogP) is 1.25. The molecule has 0 saturated heterocycles. The molecule has 1 heterocycles. The van der Waals surface area contributed by atoms with Crippen LogP contribution < -0.4 is 11.3 Å². The summed E-state index contributed by atoms with van der Waals surface area (Å²) in [6.07, 6.45) is 1.39. The van der Waals surface area contributed by atoms with Crippen molar-refractivity contribution in [2.45, 2.75) is 6.92 Å². The van der Waals surface area contributed by atoms with Crippen molar-refractivity contribution in [3.8, 4) is 6.07 Å². The molecule has 0 aromatic carbocycles. The zero-order valence-electron chi connectivity index (χ0n) is 10.1. The van der Waals surface area contributed by atoms with Gasteiger partial charge in [-0.1, -0.05) is 11.6 Å². The highest BCUT2D eigenvalue weighted by Gasteiger charge is 2.16. The average molecular weight is 268 g/mol. The van der Waals surface area contributed by atoms with E-state index in [9.17, 15) is 4.79 Å². The Balaban J connectivity index is 2.84. The number of pyridine rings is 1. The van der Waals surface area contributed by atoms with Crippen LogP contribution in [0.25, 0.3) is 0 Å². The molecule has 0 saturated carbocycles. The van der Waals surface area contributed by atoms with Gasteiger partial charge in [0, 0.05) is 19.8 Å². The highest BCUT2D eigenvalue weighted by atomic mass is 35.5. The third kappa shape index (κ3) is 3.32. The molecule has 0 fully saturated rings. The standard InChI is InChI=1S/C11H14ClN5O/c1-7(4-13)6-17(2)11(18)8-3-9(12)10(16-14)15-5-8/h3,5,7H,6,14H2,1-2H3,(H,15,16).